The van der Waals surface area contributed by atoms with Gasteiger partial charge in [0.1, 0.15) is 12.1 Å². The molecule has 0 saturated heterocycles. The van der Waals surface area contributed by atoms with Gasteiger partial charge in [-0.1, -0.05) is 6.92 Å². The molecule has 1 aromatic heterocycles. The van der Waals surface area contributed by atoms with Gasteiger partial charge in [0.15, 0.2) is 0 Å². The van der Waals surface area contributed by atoms with Gasteiger partial charge >= 0.3 is 11.6 Å². The molecule has 0 atom stereocenters. The van der Waals surface area contributed by atoms with Crippen LogP contribution >= 0.6 is 0 Å². The van der Waals surface area contributed by atoms with Crippen molar-refractivity contribution in [2.24, 2.45) is 0 Å². The third kappa shape index (κ3) is 3.34. The third-order valence-corrected chi connectivity index (χ3v) is 4.85. The molecular weight excluding hydrogens is 310 g/mol. The zero-order chi connectivity index (χ0) is 16.3. The van der Waals surface area contributed by atoms with Crippen LogP contribution in [0.1, 0.15) is 13.3 Å². The monoisotopic (exact) mass is 325 g/mol. The molecule has 7 nitrogen and oxygen atoms in total. The highest BCUT2D eigenvalue weighted by atomic mass is 32.2. The molecule has 0 radical (unpaired) electrons. The van der Waals surface area contributed by atoms with Gasteiger partial charge in [-0.3, -0.25) is 4.79 Å². The zero-order valence-corrected chi connectivity index (χ0v) is 12.7. The van der Waals surface area contributed by atoms with E-state index in [0.29, 0.717) is 11.8 Å². The van der Waals surface area contributed by atoms with Crippen molar-refractivity contribution in [3.63, 3.8) is 0 Å². The average molecular weight is 325 g/mol. The molecule has 1 heterocycles. The summed E-state index contributed by atoms with van der Waals surface area (Å²) in [5.74, 6) is -1.22. The van der Waals surface area contributed by atoms with E-state index in [-0.39, 0.29) is 17.0 Å². The maximum absolute atomic E-state index is 12.5. The first-order valence-electron chi connectivity index (χ1n) is 6.60. The fourth-order valence-corrected chi connectivity index (χ4v) is 3.56. The van der Waals surface area contributed by atoms with Crippen LogP contribution in [-0.4, -0.2) is 36.9 Å². The fourth-order valence-electron chi connectivity index (χ4n) is 2.04. The Hall–Kier alpha value is -2.19. The molecule has 118 valence electrons. The van der Waals surface area contributed by atoms with Crippen LogP contribution in [-0.2, 0) is 14.8 Å². The molecule has 8 heteroatoms. The molecule has 0 fully saturated rings. The average Bonchev–Trinajstić information content (AvgIpc) is 2.45. The van der Waals surface area contributed by atoms with Crippen LogP contribution in [0.5, 0.6) is 0 Å². The second-order valence-corrected chi connectivity index (χ2v) is 6.62. The number of aliphatic carboxylic acids is 1. The molecule has 1 aromatic carbocycles. The predicted molar refractivity (Wildman–Crippen MR) is 79.2 cm³/mol. The maximum Gasteiger partial charge on any atom is 0.336 e. The second kappa shape index (κ2) is 6.29. The van der Waals surface area contributed by atoms with Crippen LogP contribution in [0.4, 0.5) is 0 Å². The van der Waals surface area contributed by atoms with Crippen molar-refractivity contribution in [3.05, 3.63) is 40.8 Å². The number of carboxylic acids is 1. The third-order valence-electron chi connectivity index (χ3n) is 3.01. The van der Waals surface area contributed by atoms with Crippen molar-refractivity contribution in [1.29, 1.82) is 0 Å². The number of fused-ring (bicyclic) bond motifs is 1. The van der Waals surface area contributed by atoms with Crippen molar-refractivity contribution in [2.75, 3.05) is 13.1 Å². The van der Waals surface area contributed by atoms with Crippen molar-refractivity contribution < 1.29 is 22.7 Å². The van der Waals surface area contributed by atoms with E-state index in [0.717, 1.165) is 4.31 Å². The van der Waals surface area contributed by atoms with Crippen molar-refractivity contribution in [1.82, 2.24) is 4.31 Å². The summed E-state index contributed by atoms with van der Waals surface area (Å²) in [5, 5.41) is 9.32. The number of benzene rings is 1. The normalized spacial score (nSPS) is 11.9. The molecule has 0 unspecified atom stereocenters. The summed E-state index contributed by atoms with van der Waals surface area (Å²) in [6.07, 6.45) is 0.495. The highest BCUT2D eigenvalue weighted by Gasteiger charge is 2.26. The standard InChI is InChI=1S/C14H15NO6S/c1-2-7-15(9-13(16)17)22(19,20)11-4-5-12-10(8-11)3-6-14(18)21-12/h3-6,8H,2,7,9H2,1H3,(H,16,17). The van der Waals surface area contributed by atoms with Gasteiger partial charge < -0.3 is 9.52 Å². The van der Waals surface area contributed by atoms with Gasteiger partial charge in [0.05, 0.1) is 4.90 Å². The summed E-state index contributed by atoms with van der Waals surface area (Å²) in [4.78, 5) is 21.9. The number of carboxylic acid groups (broad SMARTS) is 1. The van der Waals surface area contributed by atoms with E-state index >= 15 is 0 Å². The first kappa shape index (κ1) is 16.2. The summed E-state index contributed by atoms with van der Waals surface area (Å²) >= 11 is 0. The first-order valence-corrected chi connectivity index (χ1v) is 8.04. The number of carbonyl (C=O) groups is 1. The Bertz CT molecular complexity index is 855. The van der Waals surface area contributed by atoms with Gasteiger partial charge in [-0.25, -0.2) is 13.2 Å². The Morgan fingerprint density at radius 2 is 2.00 bits per heavy atom. The van der Waals surface area contributed by atoms with E-state index in [9.17, 15) is 18.0 Å². The number of sulfonamides is 1. The molecule has 0 aliphatic carbocycles. The molecule has 22 heavy (non-hydrogen) atoms. The van der Waals surface area contributed by atoms with Crippen LogP contribution in [0.15, 0.2) is 44.4 Å². The zero-order valence-electron chi connectivity index (χ0n) is 11.9. The minimum Gasteiger partial charge on any atom is -0.480 e. The summed E-state index contributed by atoms with van der Waals surface area (Å²) in [6, 6.07) is 6.69. The smallest absolute Gasteiger partial charge is 0.336 e. The lowest BCUT2D eigenvalue weighted by atomic mass is 10.2. The number of hydrogen-bond donors (Lipinski definition) is 1. The second-order valence-electron chi connectivity index (χ2n) is 4.69. The molecule has 2 aromatic rings. The summed E-state index contributed by atoms with van der Waals surface area (Å²) in [6.45, 7) is 1.27. The van der Waals surface area contributed by atoms with Gasteiger partial charge in [-0.05, 0) is 30.7 Å². The highest BCUT2D eigenvalue weighted by molar-refractivity contribution is 7.89. The van der Waals surface area contributed by atoms with Crippen molar-refractivity contribution in [3.8, 4) is 0 Å². The number of nitrogens with zero attached hydrogens (tertiary/aromatic N) is 1. The summed E-state index contributed by atoms with van der Waals surface area (Å²) < 4.78 is 30.9. The lowest BCUT2D eigenvalue weighted by molar-refractivity contribution is -0.137. The van der Waals surface area contributed by atoms with Crippen LogP contribution in [0.25, 0.3) is 11.0 Å². The highest BCUT2D eigenvalue weighted by Crippen LogP contribution is 2.21. The molecule has 1 N–H and O–H groups in total. The predicted octanol–water partition coefficient (Wildman–Crippen LogP) is 1.28. The quantitative estimate of drug-likeness (QED) is 0.802. The Morgan fingerprint density at radius 1 is 1.27 bits per heavy atom. The molecule has 2 rings (SSSR count). The van der Waals surface area contributed by atoms with E-state index in [1.54, 1.807) is 6.92 Å². The Labute approximate surface area is 126 Å². The topological polar surface area (TPSA) is 105 Å². The number of hydrogen-bond acceptors (Lipinski definition) is 5. The number of rotatable bonds is 6. The van der Waals surface area contributed by atoms with Gasteiger partial charge in [0.2, 0.25) is 10.0 Å². The van der Waals surface area contributed by atoms with E-state index < -0.39 is 28.2 Å². The largest absolute Gasteiger partial charge is 0.480 e. The van der Waals surface area contributed by atoms with Crippen LogP contribution in [0, 0.1) is 0 Å². The van der Waals surface area contributed by atoms with Crippen LogP contribution in [0.3, 0.4) is 0 Å². The molecule has 0 spiro atoms. The van der Waals surface area contributed by atoms with E-state index in [2.05, 4.69) is 0 Å². The van der Waals surface area contributed by atoms with Gasteiger partial charge in [-0.15, -0.1) is 0 Å². The molecule has 0 saturated carbocycles. The van der Waals surface area contributed by atoms with Crippen molar-refractivity contribution in [2.45, 2.75) is 18.2 Å². The van der Waals surface area contributed by atoms with Crippen LogP contribution in [0.2, 0.25) is 0 Å². The van der Waals surface area contributed by atoms with Crippen LogP contribution < -0.4 is 5.63 Å². The fraction of sp³-hybridized carbons (Fsp3) is 0.286. The van der Waals surface area contributed by atoms with Gasteiger partial charge in [0.25, 0.3) is 0 Å². The SMILES string of the molecule is CCCN(CC(=O)O)S(=O)(=O)c1ccc2oc(=O)ccc2c1. The Balaban J connectivity index is 2.49. The molecule has 0 aliphatic rings. The van der Waals surface area contributed by atoms with E-state index in [1.165, 1.54) is 30.3 Å². The summed E-state index contributed by atoms with van der Waals surface area (Å²) in [5.41, 5.74) is -0.256. The molecule has 0 aliphatic heterocycles. The van der Waals surface area contributed by atoms with E-state index in [4.69, 9.17) is 9.52 Å². The molecule has 0 amide bonds. The first-order chi connectivity index (χ1) is 10.3. The van der Waals surface area contributed by atoms with Crippen molar-refractivity contribution >= 4 is 27.0 Å². The molecule has 0 bridgehead atoms. The summed E-state index contributed by atoms with van der Waals surface area (Å²) in [7, 11) is -3.93. The minimum atomic E-state index is -3.93. The lowest BCUT2D eigenvalue weighted by Gasteiger charge is -2.19. The van der Waals surface area contributed by atoms with E-state index in [1.807, 2.05) is 0 Å². The van der Waals surface area contributed by atoms with Gasteiger partial charge in [-0.2, -0.15) is 4.31 Å². The molecular formula is C14H15NO6S. The minimum absolute atomic E-state index is 0.0384. The maximum atomic E-state index is 12.5. The van der Waals surface area contributed by atoms with Gasteiger partial charge in [0, 0.05) is 18.0 Å². The lowest BCUT2D eigenvalue weighted by Crippen LogP contribution is -2.36. The Morgan fingerprint density at radius 3 is 2.64 bits per heavy atom. The Kier molecular flexibility index (Phi) is 4.62.